The zero-order valence-corrected chi connectivity index (χ0v) is 16.5. The molecule has 29 heavy (non-hydrogen) atoms. The summed E-state index contributed by atoms with van der Waals surface area (Å²) in [6, 6.07) is 15.1. The predicted molar refractivity (Wildman–Crippen MR) is 116 cm³/mol. The second-order valence-electron chi connectivity index (χ2n) is 6.79. The molecule has 0 bridgehead atoms. The molecule has 0 saturated carbocycles. The molecule has 0 atom stereocenters. The third-order valence-electron chi connectivity index (χ3n) is 5.02. The third-order valence-corrected chi connectivity index (χ3v) is 7.03. The van der Waals surface area contributed by atoms with Crippen LogP contribution in [0.1, 0.15) is 26.5 Å². The van der Waals surface area contributed by atoms with E-state index in [2.05, 4.69) is 4.98 Å². The maximum atomic E-state index is 12.9. The van der Waals surface area contributed by atoms with Crippen LogP contribution < -0.4 is 0 Å². The van der Waals surface area contributed by atoms with Gasteiger partial charge >= 0.3 is 0 Å². The summed E-state index contributed by atoms with van der Waals surface area (Å²) in [7, 11) is 0. The summed E-state index contributed by atoms with van der Waals surface area (Å²) >= 11 is 3.16. The molecule has 0 spiro atoms. The molecule has 4 nitrogen and oxygen atoms in total. The zero-order chi connectivity index (χ0) is 19.5. The van der Waals surface area contributed by atoms with Gasteiger partial charge < -0.3 is 4.42 Å². The highest BCUT2D eigenvalue weighted by molar-refractivity contribution is 7.25. The molecule has 5 aromatic rings. The second kappa shape index (κ2) is 6.07. The lowest BCUT2D eigenvalue weighted by Crippen LogP contribution is -1.99. The topological polar surface area (TPSA) is 60.2 Å². The highest BCUT2D eigenvalue weighted by atomic mass is 32.1. The third kappa shape index (κ3) is 2.53. The maximum Gasteiger partial charge on any atom is 0.197 e. The van der Waals surface area contributed by atoms with Crippen molar-refractivity contribution in [1.82, 2.24) is 4.98 Å². The van der Waals surface area contributed by atoms with Gasteiger partial charge in [0, 0.05) is 34.8 Å². The molecule has 2 aromatic carbocycles. The molecule has 138 valence electrons. The van der Waals surface area contributed by atoms with E-state index in [9.17, 15) is 9.59 Å². The van der Waals surface area contributed by atoms with Crippen molar-refractivity contribution < 1.29 is 14.0 Å². The number of Topliss-reactive ketones (excluding diaryl/α,β-unsaturated/α-hetero) is 2. The Kier molecular flexibility index (Phi) is 3.47. The Labute approximate surface area is 172 Å². The molecule has 6 heteroatoms. The molecular formula is C23H11NO3S2. The van der Waals surface area contributed by atoms with Gasteiger partial charge in [-0.05, 0) is 29.0 Å². The smallest absolute Gasteiger partial charge is 0.197 e. The number of thiophene rings is 1. The molecule has 0 aliphatic heterocycles. The summed E-state index contributed by atoms with van der Waals surface area (Å²) in [5.41, 5.74) is 1.80. The largest absolute Gasteiger partial charge is 0.456 e. The van der Waals surface area contributed by atoms with E-state index in [0.717, 1.165) is 30.9 Å². The molecule has 0 N–H and O–H groups in total. The average Bonchev–Trinajstić information content (AvgIpc) is 3.48. The molecule has 1 aliphatic carbocycles. The first-order valence-electron chi connectivity index (χ1n) is 8.94. The van der Waals surface area contributed by atoms with Gasteiger partial charge in [0.2, 0.25) is 0 Å². The fraction of sp³-hybridized carbons (Fsp3) is 0. The van der Waals surface area contributed by atoms with Crippen molar-refractivity contribution in [3.8, 4) is 9.88 Å². The van der Waals surface area contributed by atoms with E-state index in [1.54, 1.807) is 47.1 Å². The summed E-state index contributed by atoms with van der Waals surface area (Å²) in [5.74, 6) is 0.00367. The first-order valence-corrected chi connectivity index (χ1v) is 10.6. The summed E-state index contributed by atoms with van der Waals surface area (Å²) in [6.07, 6.45) is 3.33. The number of aromatic nitrogens is 1. The molecule has 3 aromatic heterocycles. The number of fused-ring (bicyclic) bond motifs is 3. The Morgan fingerprint density at radius 2 is 1.66 bits per heavy atom. The minimum atomic E-state index is -0.251. The summed E-state index contributed by atoms with van der Waals surface area (Å²) in [4.78, 5) is 31.1. The van der Waals surface area contributed by atoms with Crippen LogP contribution in [0.25, 0.3) is 37.0 Å². The Hall–Kier alpha value is -3.35. The van der Waals surface area contributed by atoms with E-state index in [0.29, 0.717) is 16.9 Å². The SMILES string of the molecule is O=C1C(=Cc2cc3sc(-c4nccs4)cc3o2)C(=O)c2cc3ccccc3cc21. The van der Waals surface area contributed by atoms with Crippen molar-refractivity contribution in [3.63, 3.8) is 0 Å². The van der Waals surface area contributed by atoms with Gasteiger partial charge in [0.25, 0.3) is 0 Å². The van der Waals surface area contributed by atoms with Gasteiger partial charge in [-0.2, -0.15) is 0 Å². The van der Waals surface area contributed by atoms with Crippen molar-refractivity contribution in [3.05, 3.63) is 82.6 Å². The zero-order valence-electron chi connectivity index (χ0n) is 14.8. The Morgan fingerprint density at radius 3 is 2.28 bits per heavy atom. The van der Waals surface area contributed by atoms with Crippen molar-refractivity contribution in [1.29, 1.82) is 0 Å². The quantitative estimate of drug-likeness (QED) is 0.254. The first-order chi connectivity index (χ1) is 14.2. The fourth-order valence-corrected chi connectivity index (χ4v) is 5.39. The average molecular weight is 413 g/mol. The molecule has 0 fully saturated rings. The molecular weight excluding hydrogens is 402 g/mol. The van der Waals surface area contributed by atoms with E-state index < -0.39 is 0 Å². The minimum Gasteiger partial charge on any atom is -0.456 e. The highest BCUT2D eigenvalue weighted by Gasteiger charge is 2.33. The van der Waals surface area contributed by atoms with Crippen molar-refractivity contribution in [2.45, 2.75) is 0 Å². The lowest BCUT2D eigenvalue weighted by molar-refractivity contribution is 0.0990. The van der Waals surface area contributed by atoms with Gasteiger partial charge in [-0.25, -0.2) is 4.98 Å². The number of nitrogens with zero attached hydrogens (tertiary/aromatic N) is 1. The van der Waals surface area contributed by atoms with Gasteiger partial charge in [0.1, 0.15) is 16.4 Å². The van der Waals surface area contributed by atoms with Crippen molar-refractivity contribution in [2.24, 2.45) is 0 Å². The number of thiazole rings is 1. The molecule has 0 saturated heterocycles. The van der Waals surface area contributed by atoms with Crippen LogP contribution in [-0.4, -0.2) is 16.6 Å². The minimum absolute atomic E-state index is 0.150. The van der Waals surface area contributed by atoms with Gasteiger partial charge in [-0.3, -0.25) is 9.59 Å². The van der Waals surface area contributed by atoms with Crippen LogP contribution in [0.3, 0.4) is 0 Å². The summed E-state index contributed by atoms with van der Waals surface area (Å²) < 4.78 is 6.85. The number of carbonyl (C=O) groups excluding carboxylic acids is 2. The van der Waals surface area contributed by atoms with Crippen molar-refractivity contribution >= 4 is 61.4 Å². The Morgan fingerprint density at radius 1 is 0.931 bits per heavy atom. The fourth-order valence-electron chi connectivity index (χ4n) is 3.66. The molecule has 3 heterocycles. The van der Waals surface area contributed by atoms with E-state index in [1.807, 2.05) is 41.8 Å². The van der Waals surface area contributed by atoms with Crippen LogP contribution in [0.2, 0.25) is 0 Å². The number of rotatable bonds is 2. The van der Waals surface area contributed by atoms with Crippen LogP contribution in [0.15, 0.2) is 70.1 Å². The number of furan rings is 1. The van der Waals surface area contributed by atoms with E-state index in [-0.39, 0.29) is 17.1 Å². The molecule has 0 amide bonds. The van der Waals surface area contributed by atoms with Crippen LogP contribution in [0.4, 0.5) is 0 Å². The van der Waals surface area contributed by atoms with Crippen LogP contribution in [-0.2, 0) is 0 Å². The lowest BCUT2D eigenvalue weighted by Gasteiger charge is -2.00. The molecule has 1 aliphatic rings. The molecule has 0 radical (unpaired) electrons. The number of allylic oxidation sites excluding steroid dienone is 1. The Balaban J connectivity index is 1.41. The van der Waals surface area contributed by atoms with E-state index in [1.165, 1.54) is 0 Å². The van der Waals surface area contributed by atoms with Gasteiger partial charge in [-0.15, -0.1) is 22.7 Å². The first kappa shape index (κ1) is 16.6. The van der Waals surface area contributed by atoms with Gasteiger partial charge in [0.05, 0.1) is 15.2 Å². The number of hydrogen-bond donors (Lipinski definition) is 0. The molecule has 0 unspecified atom stereocenters. The van der Waals surface area contributed by atoms with Crippen molar-refractivity contribution in [2.75, 3.05) is 0 Å². The number of carbonyl (C=O) groups is 2. The standard InChI is InChI=1S/C23H11NO3S2/c25-21-15-7-12-3-1-2-4-13(12)8-16(15)22(26)17(21)9-14-10-19-18(27-14)11-20(29-19)23-24-5-6-28-23/h1-11H. The molecule has 6 rings (SSSR count). The maximum absolute atomic E-state index is 12.9. The Bertz CT molecular complexity index is 1400. The highest BCUT2D eigenvalue weighted by Crippen LogP contribution is 2.37. The summed E-state index contributed by atoms with van der Waals surface area (Å²) in [6.45, 7) is 0. The van der Waals surface area contributed by atoms with Crippen LogP contribution in [0.5, 0.6) is 0 Å². The van der Waals surface area contributed by atoms with Gasteiger partial charge in [0.15, 0.2) is 11.6 Å². The summed E-state index contributed by atoms with van der Waals surface area (Å²) in [5, 5.41) is 4.78. The number of hydrogen-bond acceptors (Lipinski definition) is 6. The number of benzene rings is 2. The lowest BCUT2D eigenvalue weighted by atomic mass is 10.0. The monoisotopic (exact) mass is 413 g/mol. The van der Waals surface area contributed by atoms with E-state index >= 15 is 0 Å². The predicted octanol–water partition coefficient (Wildman–Crippen LogP) is 6.23. The van der Waals surface area contributed by atoms with Gasteiger partial charge in [-0.1, -0.05) is 24.3 Å². The van der Waals surface area contributed by atoms with E-state index in [4.69, 9.17) is 4.42 Å². The normalized spacial score (nSPS) is 13.6. The number of ketones is 2. The van der Waals surface area contributed by atoms with Crippen LogP contribution in [0, 0.1) is 0 Å². The second-order valence-corrected chi connectivity index (χ2v) is 8.76. The van der Waals surface area contributed by atoms with Crippen LogP contribution >= 0.6 is 22.7 Å².